The van der Waals surface area contributed by atoms with Crippen molar-refractivity contribution in [3.05, 3.63) is 16.1 Å². The molecule has 1 aromatic heterocycles. The van der Waals surface area contributed by atoms with Crippen LogP contribution in [0, 0.1) is 5.92 Å². The molecule has 19 heavy (non-hydrogen) atoms. The van der Waals surface area contributed by atoms with Crippen molar-refractivity contribution < 1.29 is 9.84 Å². The first-order valence-corrected chi connectivity index (χ1v) is 7.94. The van der Waals surface area contributed by atoms with E-state index in [1.54, 1.807) is 11.3 Å². The average molecular weight is 284 g/mol. The number of aliphatic hydroxyl groups excluding tert-OH is 1. The van der Waals surface area contributed by atoms with Crippen molar-refractivity contribution in [1.82, 2.24) is 9.88 Å². The molecule has 0 aliphatic carbocycles. The maximum Gasteiger partial charge on any atom is 0.122 e. The highest BCUT2D eigenvalue weighted by Gasteiger charge is 2.26. The Morgan fingerprint density at radius 1 is 1.58 bits per heavy atom. The van der Waals surface area contributed by atoms with Crippen LogP contribution in [0.25, 0.3) is 0 Å². The SMILES string of the molecule is CCOC(C)c1nc(CN2CCC(C(C)O)C2)cs1. The molecule has 4 nitrogen and oxygen atoms in total. The minimum absolute atomic E-state index is 0.0903. The fraction of sp³-hybridized carbons (Fsp3) is 0.786. The molecule has 0 amide bonds. The van der Waals surface area contributed by atoms with Gasteiger partial charge in [-0.25, -0.2) is 4.98 Å². The van der Waals surface area contributed by atoms with E-state index < -0.39 is 0 Å². The zero-order valence-electron chi connectivity index (χ0n) is 12.0. The van der Waals surface area contributed by atoms with Gasteiger partial charge < -0.3 is 9.84 Å². The minimum atomic E-state index is -0.200. The molecule has 0 aromatic carbocycles. The molecule has 0 spiro atoms. The van der Waals surface area contributed by atoms with Gasteiger partial charge in [-0.2, -0.15) is 0 Å². The zero-order valence-corrected chi connectivity index (χ0v) is 12.8. The third-order valence-corrected chi connectivity index (χ3v) is 4.77. The Kier molecular flexibility index (Phi) is 5.33. The van der Waals surface area contributed by atoms with Crippen LogP contribution in [0.3, 0.4) is 0 Å². The summed E-state index contributed by atoms with van der Waals surface area (Å²) in [4.78, 5) is 7.03. The maximum absolute atomic E-state index is 9.62. The Bertz CT molecular complexity index is 395. The van der Waals surface area contributed by atoms with Crippen molar-refractivity contribution in [2.24, 2.45) is 5.92 Å². The number of hydrogen-bond donors (Lipinski definition) is 1. The molecule has 1 aliphatic heterocycles. The highest BCUT2D eigenvalue weighted by molar-refractivity contribution is 7.09. The topological polar surface area (TPSA) is 45.6 Å². The van der Waals surface area contributed by atoms with Crippen molar-refractivity contribution in [3.8, 4) is 0 Å². The van der Waals surface area contributed by atoms with Gasteiger partial charge >= 0.3 is 0 Å². The normalized spacial score (nSPS) is 23.7. The van der Waals surface area contributed by atoms with Crippen LogP contribution in [0.4, 0.5) is 0 Å². The van der Waals surface area contributed by atoms with Crippen LogP contribution in [0.15, 0.2) is 5.38 Å². The second kappa shape index (κ2) is 6.79. The van der Waals surface area contributed by atoms with Crippen molar-refractivity contribution in [1.29, 1.82) is 0 Å². The molecule has 3 unspecified atom stereocenters. The van der Waals surface area contributed by atoms with Crippen LogP contribution < -0.4 is 0 Å². The standard InChI is InChI=1S/C14H24N2O2S/c1-4-18-11(3)14-15-13(9-19-14)8-16-6-5-12(7-16)10(2)17/h9-12,17H,4-8H2,1-3H3. The van der Waals surface area contributed by atoms with E-state index in [4.69, 9.17) is 4.74 Å². The van der Waals surface area contributed by atoms with Crippen LogP contribution in [0.5, 0.6) is 0 Å². The predicted molar refractivity (Wildman–Crippen MR) is 77.2 cm³/mol. The highest BCUT2D eigenvalue weighted by atomic mass is 32.1. The molecule has 3 atom stereocenters. The summed E-state index contributed by atoms with van der Waals surface area (Å²) in [5, 5.41) is 12.8. The van der Waals surface area contributed by atoms with E-state index in [0.717, 1.165) is 43.4 Å². The minimum Gasteiger partial charge on any atom is -0.393 e. The summed E-state index contributed by atoms with van der Waals surface area (Å²) in [5.41, 5.74) is 1.12. The smallest absolute Gasteiger partial charge is 0.122 e. The van der Waals surface area contributed by atoms with Crippen LogP contribution in [0.2, 0.25) is 0 Å². The fourth-order valence-corrected chi connectivity index (χ4v) is 3.35. The van der Waals surface area contributed by atoms with Crippen LogP contribution in [0.1, 0.15) is 44.0 Å². The number of thiazole rings is 1. The molecule has 1 aromatic rings. The summed E-state index contributed by atoms with van der Waals surface area (Å²) in [7, 11) is 0. The molecule has 2 rings (SSSR count). The maximum atomic E-state index is 9.62. The molecular weight excluding hydrogens is 260 g/mol. The van der Waals surface area contributed by atoms with Gasteiger partial charge in [0.2, 0.25) is 0 Å². The highest BCUT2D eigenvalue weighted by Crippen LogP contribution is 2.24. The largest absolute Gasteiger partial charge is 0.393 e. The summed E-state index contributed by atoms with van der Waals surface area (Å²) in [6.45, 7) is 9.58. The third kappa shape index (κ3) is 3.99. The Morgan fingerprint density at radius 2 is 2.37 bits per heavy atom. The van der Waals surface area contributed by atoms with Crippen molar-refractivity contribution >= 4 is 11.3 Å². The molecular formula is C14H24N2O2S. The van der Waals surface area contributed by atoms with Crippen molar-refractivity contribution in [2.45, 2.75) is 45.9 Å². The number of aromatic nitrogens is 1. The fourth-order valence-electron chi connectivity index (χ4n) is 2.53. The average Bonchev–Trinajstić information content (AvgIpc) is 2.99. The molecule has 0 saturated carbocycles. The third-order valence-electron chi connectivity index (χ3n) is 3.71. The number of nitrogens with zero attached hydrogens (tertiary/aromatic N) is 2. The zero-order chi connectivity index (χ0) is 13.8. The van der Waals surface area contributed by atoms with Gasteiger partial charge in [0.05, 0.1) is 11.8 Å². The lowest BCUT2D eigenvalue weighted by Gasteiger charge is -2.16. The number of likely N-dealkylation sites (tertiary alicyclic amines) is 1. The van der Waals surface area contributed by atoms with E-state index in [9.17, 15) is 5.11 Å². The molecule has 5 heteroatoms. The first kappa shape index (κ1) is 14.9. The number of aliphatic hydroxyl groups is 1. The summed E-state index contributed by atoms with van der Waals surface area (Å²) < 4.78 is 5.56. The Hall–Kier alpha value is -0.490. The molecule has 2 heterocycles. The Labute approximate surface area is 119 Å². The second-order valence-corrected chi connectivity index (χ2v) is 6.19. The van der Waals surface area contributed by atoms with E-state index in [2.05, 4.69) is 15.3 Å². The number of ether oxygens (including phenoxy) is 1. The van der Waals surface area contributed by atoms with Gasteiger partial charge in [-0.1, -0.05) is 0 Å². The molecule has 1 N–H and O–H groups in total. The van der Waals surface area contributed by atoms with Gasteiger partial charge in [0.1, 0.15) is 11.1 Å². The van der Waals surface area contributed by atoms with E-state index in [1.165, 1.54) is 0 Å². The van der Waals surface area contributed by atoms with Crippen LogP contribution in [-0.4, -0.2) is 40.8 Å². The van der Waals surface area contributed by atoms with E-state index >= 15 is 0 Å². The van der Waals surface area contributed by atoms with Gasteiger partial charge in [-0.3, -0.25) is 4.90 Å². The molecule has 1 fully saturated rings. The lowest BCUT2D eigenvalue weighted by Crippen LogP contribution is -2.24. The Balaban J connectivity index is 1.87. The lowest BCUT2D eigenvalue weighted by molar-refractivity contribution is 0.0760. The summed E-state index contributed by atoms with van der Waals surface area (Å²) in [5.74, 6) is 0.417. The number of rotatable bonds is 6. The van der Waals surface area contributed by atoms with Gasteiger partial charge in [0, 0.05) is 25.1 Å². The van der Waals surface area contributed by atoms with Gasteiger partial charge in [0.25, 0.3) is 0 Å². The van der Waals surface area contributed by atoms with Gasteiger partial charge in [-0.15, -0.1) is 11.3 Å². The van der Waals surface area contributed by atoms with Crippen molar-refractivity contribution in [3.63, 3.8) is 0 Å². The van der Waals surface area contributed by atoms with E-state index in [0.29, 0.717) is 5.92 Å². The molecule has 108 valence electrons. The summed E-state index contributed by atoms with van der Waals surface area (Å²) >= 11 is 1.68. The second-order valence-electron chi connectivity index (χ2n) is 5.30. The summed E-state index contributed by atoms with van der Waals surface area (Å²) in [6, 6.07) is 0. The van der Waals surface area contributed by atoms with Crippen LogP contribution in [-0.2, 0) is 11.3 Å². The monoisotopic (exact) mass is 284 g/mol. The van der Waals surface area contributed by atoms with Gasteiger partial charge in [-0.05, 0) is 39.7 Å². The van der Waals surface area contributed by atoms with E-state index in [1.807, 2.05) is 20.8 Å². The van der Waals surface area contributed by atoms with Crippen LogP contribution >= 0.6 is 11.3 Å². The molecule has 1 saturated heterocycles. The first-order chi connectivity index (χ1) is 9.10. The summed E-state index contributed by atoms with van der Waals surface area (Å²) in [6.07, 6.45) is 0.978. The lowest BCUT2D eigenvalue weighted by atomic mass is 10.0. The van der Waals surface area contributed by atoms with E-state index in [-0.39, 0.29) is 12.2 Å². The molecule has 0 radical (unpaired) electrons. The first-order valence-electron chi connectivity index (χ1n) is 7.06. The van der Waals surface area contributed by atoms with Crippen molar-refractivity contribution in [2.75, 3.05) is 19.7 Å². The molecule has 1 aliphatic rings. The predicted octanol–water partition coefficient (Wildman–Crippen LogP) is 2.44. The Morgan fingerprint density at radius 3 is 3.00 bits per heavy atom. The number of hydrogen-bond acceptors (Lipinski definition) is 5. The quantitative estimate of drug-likeness (QED) is 0.871. The van der Waals surface area contributed by atoms with Gasteiger partial charge in [0.15, 0.2) is 0 Å². The molecule has 0 bridgehead atoms.